The van der Waals surface area contributed by atoms with E-state index >= 15 is 0 Å². The monoisotopic (exact) mass is 594 g/mol. The van der Waals surface area contributed by atoms with Crippen LogP contribution in [0.1, 0.15) is 29.8 Å². The minimum atomic E-state index is -4.08. The zero-order valence-electron chi connectivity index (χ0n) is 24.6. The molecule has 0 radical (unpaired) electrons. The van der Waals surface area contributed by atoms with Gasteiger partial charge in [0.05, 0.1) is 35.3 Å². The van der Waals surface area contributed by atoms with Gasteiger partial charge in [-0.15, -0.1) is 0 Å². The average molecular weight is 595 g/mol. The lowest BCUT2D eigenvalue weighted by Crippen LogP contribution is -2.26. The van der Waals surface area contributed by atoms with Gasteiger partial charge in [0.1, 0.15) is 10.6 Å². The van der Waals surface area contributed by atoms with Crippen LogP contribution >= 0.6 is 0 Å². The Bertz CT molecular complexity index is 1890. The molecule has 0 fully saturated rings. The summed E-state index contributed by atoms with van der Waals surface area (Å²) in [5.41, 5.74) is 5.01. The van der Waals surface area contributed by atoms with Crippen LogP contribution in [0.2, 0.25) is 0 Å². The number of carbonyl (C=O) groups excluding carboxylic acids is 1. The molecule has 0 spiro atoms. The Labute approximate surface area is 252 Å². The summed E-state index contributed by atoms with van der Waals surface area (Å²) in [6.07, 6.45) is 0. The van der Waals surface area contributed by atoms with E-state index in [1.165, 1.54) is 13.2 Å². The summed E-state index contributed by atoms with van der Waals surface area (Å²) in [4.78, 5) is 20.6. The third kappa shape index (κ3) is 6.32. The molecule has 5 rings (SSSR count). The molecule has 0 unspecified atom stereocenters. The molecule has 1 heterocycles. The van der Waals surface area contributed by atoms with Crippen LogP contribution in [0.4, 0.5) is 17.1 Å². The Kier molecular flexibility index (Phi) is 8.63. The van der Waals surface area contributed by atoms with E-state index in [-0.39, 0.29) is 10.8 Å². The predicted octanol–water partition coefficient (Wildman–Crippen LogP) is 7.12. The van der Waals surface area contributed by atoms with E-state index in [0.29, 0.717) is 58.1 Å². The Hall–Kier alpha value is -4.89. The summed E-state index contributed by atoms with van der Waals surface area (Å²) < 4.78 is 35.7. The summed E-state index contributed by atoms with van der Waals surface area (Å²) in [7, 11) is -2.59. The molecule has 8 nitrogen and oxygen atoms in total. The van der Waals surface area contributed by atoms with Gasteiger partial charge in [-0.2, -0.15) is 0 Å². The summed E-state index contributed by atoms with van der Waals surface area (Å²) in [5.74, 6) is 0.0254. The second-order valence-corrected chi connectivity index (χ2v) is 11.7. The molecule has 0 saturated carbocycles. The summed E-state index contributed by atoms with van der Waals surface area (Å²) in [6, 6.07) is 29.0. The van der Waals surface area contributed by atoms with E-state index < -0.39 is 10.0 Å². The number of hydrogen-bond donors (Lipinski definition) is 2. The number of aromatic nitrogens is 1. The van der Waals surface area contributed by atoms with Crippen molar-refractivity contribution in [2.75, 3.05) is 35.1 Å². The number of amides is 1. The molecule has 0 aliphatic heterocycles. The fourth-order valence-corrected chi connectivity index (χ4v) is 6.32. The lowest BCUT2D eigenvalue weighted by atomic mass is 10.0. The highest BCUT2D eigenvalue weighted by molar-refractivity contribution is 7.93. The maximum atomic E-state index is 13.8. The number of benzene rings is 4. The molecule has 1 amide bonds. The number of rotatable bonds is 10. The third-order valence-electron chi connectivity index (χ3n) is 7.27. The predicted molar refractivity (Wildman–Crippen MR) is 174 cm³/mol. The van der Waals surface area contributed by atoms with Crippen LogP contribution in [0.5, 0.6) is 5.75 Å². The van der Waals surface area contributed by atoms with Crippen LogP contribution in [0, 0.1) is 6.92 Å². The van der Waals surface area contributed by atoms with E-state index in [1.807, 2.05) is 74.2 Å². The third-order valence-corrected chi connectivity index (χ3v) is 8.67. The molecule has 5 aromatic rings. The molecule has 220 valence electrons. The number of aryl methyl sites for hydroxylation is 1. The average Bonchev–Trinajstić information content (AvgIpc) is 3.02. The van der Waals surface area contributed by atoms with Gasteiger partial charge in [0, 0.05) is 29.7 Å². The molecular weight excluding hydrogens is 560 g/mol. The Balaban J connectivity index is 1.55. The molecule has 0 aliphatic rings. The molecule has 0 atom stereocenters. The Morgan fingerprint density at radius 3 is 2.30 bits per heavy atom. The molecule has 9 heteroatoms. The molecule has 1 aromatic heterocycles. The minimum absolute atomic E-state index is 0.0415. The van der Waals surface area contributed by atoms with E-state index in [0.717, 1.165) is 11.1 Å². The second-order valence-electron chi connectivity index (χ2n) is 10.1. The first-order chi connectivity index (χ1) is 20.7. The van der Waals surface area contributed by atoms with Gasteiger partial charge in [0.25, 0.3) is 15.9 Å². The van der Waals surface area contributed by atoms with Gasteiger partial charge < -0.3 is 15.0 Å². The van der Waals surface area contributed by atoms with Crippen LogP contribution in [0.15, 0.2) is 102 Å². The number of nitrogens with one attached hydrogen (secondary N) is 2. The number of para-hydroxylation sites is 3. The normalized spacial score (nSPS) is 11.3. The zero-order chi connectivity index (χ0) is 30.6. The molecular formula is C34H34N4O4S. The quantitative estimate of drug-likeness (QED) is 0.179. The van der Waals surface area contributed by atoms with Crippen molar-refractivity contribution in [3.63, 3.8) is 0 Å². The maximum Gasteiger partial charge on any atom is 0.264 e. The summed E-state index contributed by atoms with van der Waals surface area (Å²) in [6.45, 7) is 7.14. The van der Waals surface area contributed by atoms with Crippen molar-refractivity contribution in [2.24, 2.45) is 0 Å². The van der Waals surface area contributed by atoms with Gasteiger partial charge in [0.15, 0.2) is 0 Å². The van der Waals surface area contributed by atoms with Crippen molar-refractivity contribution in [1.29, 1.82) is 0 Å². The van der Waals surface area contributed by atoms with E-state index in [4.69, 9.17) is 9.72 Å². The van der Waals surface area contributed by atoms with Crippen LogP contribution in [0.25, 0.3) is 22.2 Å². The second kappa shape index (κ2) is 12.5. The zero-order valence-corrected chi connectivity index (χ0v) is 25.4. The van der Waals surface area contributed by atoms with Gasteiger partial charge in [-0.1, -0.05) is 60.2 Å². The van der Waals surface area contributed by atoms with Gasteiger partial charge in [-0.25, -0.2) is 13.4 Å². The van der Waals surface area contributed by atoms with Crippen LogP contribution in [-0.4, -0.2) is 39.5 Å². The standard InChI is InChI=1S/C34H34N4O4S/c1-5-38(6-2)31-20-19-25(21-33(31)43(40,41)37-29-13-9-10-14-32(29)42-4)35-34(39)27-22-30(24-17-15-23(3)16-18-24)36-28-12-8-7-11-26(27)28/h7-22,37H,5-6H2,1-4H3,(H,35,39). The fourth-order valence-electron chi connectivity index (χ4n) is 5.00. The molecule has 0 saturated heterocycles. The molecule has 43 heavy (non-hydrogen) atoms. The van der Waals surface area contributed by atoms with E-state index in [2.05, 4.69) is 10.0 Å². The lowest BCUT2D eigenvalue weighted by Gasteiger charge is -2.25. The van der Waals surface area contributed by atoms with Crippen molar-refractivity contribution in [2.45, 2.75) is 25.7 Å². The molecule has 4 aromatic carbocycles. The van der Waals surface area contributed by atoms with Crippen molar-refractivity contribution >= 4 is 43.9 Å². The number of fused-ring (bicyclic) bond motifs is 1. The maximum absolute atomic E-state index is 13.8. The number of carbonyl (C=O) groups is 1. The highest BCUT2D eigenvalue weighted by Gasteiger charge is 2.24. The highest BCUT2D eigenvalue weighted by Crippen LogP contribution is 2.33. The van der Waals surface area contributed by atoms with Crippen molar-refractivity contribution in [3.05, 3.63) is 108 Å². The number of pyridine rings is 1. The van der Waals surface area contributed by atoms with Gasteiger partial charge in [-0.3, -0.25) is 9.52 Å². The fraction of sp³-hybridized carbons (Fsp3) is 0.176. The van der Waals surface area contributed by atoms with Crippen molar-refractivity contribution in [3.8, 4) is 17.0 Å². The van der Waals surface area contributed by atoms with Crippen LogP contribution in [-0.2, 0) is 10.0 Å². The largest absolute Gasteiger partial charge is 0.495 e. The van der Waals surface area contributed by atoms with Crippen LogP contribution < -0.4 is 19.7 Å². The van der Waals surface area contributed by atoms with Gasteiger partial charge in [-0.05, 0) is 63.2 Å². The van der Waals surface area contributed by atoms with Crippen molar-refractivity contribution in [1.82, 2.24) is 4.98 Å². The number of hydrogen-bond acceptors (Lipinski definition) is 6. The van der Waals surface area contributed by atoms with Gasteiger partial charge in [0.2, 0.25) is 0 Å². The van der Waals surface area contributed by atoms with Crippen LogP contribution in [0.3, 0.4) is 0 Å². The Morgan fingerprint density at radius 2 is 1.58 bits per heavy atom. The number of ether oxygens (including phenoxy) is 1. The minimum Gasteiger partial charge on any atom is -0.495 e. The topological polar surface area (TPSA) is 101 Å². The van der Waals surface area contributed by atoms with E-state index in [9.17, 15) is 13.2 Å². The Morgan fingerprint density at radius 1 is 0.884 bits per heavy atom. The smallest absolute Gasteiger partial charge is 0.264 e. The van der Waals surface area contributed by atoms with Gasteiger partial charge >= 0.3 is 0 Å². The first kappa shape index (κ1) is 29.6. The summed E-state index contributed by atoms with van der Waals surface area (Å²) >= 11 is 0. The first-order valence-corrected chi connectivity index (χ1v) is 15.6. The molecule has 0 aliphatic carbocycles. The summed E-state index contributed by atoms with van der Waals surface area (Å²) in [5, 5.41) is 3.63. The number of anilines is 3. The van der Waals surface area contributed by atoms with E-state index in [1.54, 1.807) is 42.5 Å². The molecule has 0 bridgehead atoms. The van der Waals surface area contributed by atoms with Crippen molar-refractivity contribution < 1.29 is 17.9 Å². The highest BCUT2D eigenvalue weighted by atomic mass is 32.2. The number of methoxy groups -OCH3 is 1. The lowest BCUT2D eigenvalue weighted by molar-refractivity contribution is 0.102. The SMILES string of the molecule is CCN(CC)c1ccc(NC(=O)c2cc(-c3ccc(C)cc3)nc3ccccc23)cc1S(=O)(=O)Nc1ccccc1OC. The molecule has 2 N–H and O–H groups in total. The number of sulfonamides is 1. The number of nitrogens with zero attached hydrogens (tertiary/aromatic N) is 2. The first-order valence-electron chi connectivity index (χ1n) is 14.1.